The number of hydrogen-bond acceptors (Lipinski definition) is 7. The first-order chi connectivity index (χ1) is 19.0. The van der Waals surface area contributed by atoms with Gasteiger partial charge in [0.2, 0.25) is 0 Å². The highest BCUT2D eigenvalue weighted by atomic mass is 35.5. The summed E-state index contributed by atoms with van der Waals surface area (Å²) in [6.45, 7) is 5.86. The van der Waals surface area contributed by atoms with E-state index >= 15 is 0 Å². The van der Waals surface area contributed by atoms with Crippen LogP contribution >= 0.6 is 22.9 Å². The molecule has 0 radical (unpaired) electrons. The maximum atomic E-state index is 13.5. The predicted octanol–water partition coefficient (Wildman–Crippen LogP) is 6.75. The number of ether oxygens (including phenoxy) is 1. The summed E-state index contributed by atoms with van der Waals surface area (Å²) in [5.41, 5.74) is 2.88. The van der Waals surface area contributed by atoms with Crippen molar-refractivity contribution in [1.82, 2.24) is 19.8 Å². The Morgan fingerprint density at radius 2 is 1.87 bits per heavy atom. The minimum atomic E-state index is -0.291. The standard InChI is InChI=1S/C30H29ClFN5OS/c1-36-11-13-37(14-12-36)10-9-20-5-7-24-27(16-20)39-30-28(24)29(33-19-34-30)35-23-6-8-26(25(31)17-23)38-18-21-3-2-4-22(32)15-21/h2-8,15-17,19H,9-14,18H2,1H3,(H,33,34,35). The summed E-state index contributed by atoms with van der Waals surface area (Å²) in [5.74, 6) is 0.978. The lowest BCUT2D eigenvalue weighted by molar-refractivity contribution is 0.155. The maximum Gasteiger partial charge on any atom is 0.143 e. The van der Waals surface area contributed by atoms with Gasteiger partial charge in [0.05, 0.1) is 10.4 Å². The van der Waals surface area contributed by atoms with Crippen molar-refractivity contribution in [1.29, 1.82) is 0 Å². The fourth-order valence-electron chi connectivity index (χ4n) is 4.88. The lowest BCUT2D eigenvalue weighted by Crippen LogP contribution is -2.45. The summed E-state index contributed by atoms with van der Waals surface area (Å²) in [7, 11) is 2.19. The fourth-order valence-corrected chi connectivity index (χ4v) is 6.22. The van der Waals surface area contributed by atoms with E-state index in [-0.39, 0.29) is 12.4 Å². The molecule has 6 nitrogen and oxygen atoms in total. The van der Waals surface area contributed by atoms with Crippen molar-refractivity contribution < 1.29 is 9.13 Å². The third-order valence-corrected chi connectivity index (χ3v) is 8.48. The van der Waals surface area contributed by atoms with Crippen LogP contribution in [0.15, 0.2) is 67.0 Å². The van der Waals surface area contributed by atoms with Gasteiger partial charge < -0.3 is 19.9 Å². The van der Waals surface area contributed by atoms with Crippen molar-refractivity contribution >= 4 is 54.7 Å². The number of hydrogen-bond donors (Lipinski definition) is 1. The number of anilines is 2. The maximum absolute atomic E-state index is 13.5. The number of rotatable bonds is 8. The Morgan fingerprint density at radius 3 is 2.69 bits per heavy atom. The van der Waals surface area contributed by atoms with E-state index < -0.39 is 0 Å². The van der Waals surface area contributed by atoms with Crippen molar-refractivity contribution in [2.24, 2.45) is 0 Å². The first kappa shape index (κ1) is 26.0. The molecule has 0 unspecified atom stereocenters. The van der Waals surface area contributed by atoms with Crippen LogP contribution in [-0.4, -0.2) is 59.5 Å². The summed E-state index contributed by atoms with van der Waals surface area (Å²) in [4.78, 5) is 15.0. The molecule has 0 amide bonds. The summed E-state index contributed by atoms with van der Waals surface area (Å²) in [6, 6.07) is 18.6. The molecule has 2 aromatic heterocycles. The number of aromatic nitrogens is 2. The number of nitrogens with zero attached hydrogens (tertiary/aromatic N) is 4. The predicted molar refractivity (Wildman–Crippen MR) is 158 cm³/mol. The smallest absolute Gasteiger partial charge is 0.143 e. The molecule has 0 aliphatic carbocycles. The average molecular weight is 562 g/mol. The summed E-state index contributed by atoms with van der Waals surface area (Å²) < 4.78 is 20.5. The Kier molecular flexibility index (Phi) is 7.61. The number of halogens is 2. The van der Waals surface area contributed by atoms with E-state index in [2.05, 4.69) is 50.3 Å². The fraction of sp³-hybridized carbons (Fsp3) is 0.267. The highest BCUT2D eigenvalue weighted by Crippen LogP contribution is 2.38. The first-order valence-corrected chi connectivity index (χ1v) is 14.2. The molecule has 0 atom stereocenters. The van der Waals surface area contributed by atoms with E-state index in [1.807, 2.05) is 12.1 Å². The Labute approximate surface area is 236 Å². The highest BCUT2D eigenvalue weighted by Gasteiger charge is 2.16. The molecule has 1 aliphatic heterocycles. The summed E-state index contributed by atoms with van der Waals surface area (Å²) in [5, 5.41) is 6.02. The van der Waals surface area contributed by atoms with E-state index in [1.54, 1.807) is 35.9 Å². The molecule has 5 aromatic rings. The normalized spacial score (nSPS) is 14.7. The van der Waals surface area contributed by atoms with Crippen LogP contribution in [0, 0.1) is 5.82 Å². The molecular weight excluding hydrogens is 533 g/mol. The SMILES string of the molecule is CN1CCN(CCc2ccc3c(c2)sc2ncnc(Nc4ccc(OCc5cccc(F)c5)c(Cl)c4)c23)CC1. The van der Waals surface area contributed by atoms with Crippen LogP contribution in [0.2, 0.25) is 5.02 Å². The second-order valence-corrected chi connectivity index (χ2v) is 11.4. The van der Waals surface area contributed by atoms with Gasteiger partial charge in [0.25, 0.3) is 0 Å². The van der Waals surface area contributed by atoms with Crippen LogP contribution < -0.4 is 10.1 Å². The zero-order chi connectivity index (χ0) is 26.8. The average Bonchev–Trinajstić information content (AvgIpc) is 3.31. The van der Waals surface area contributed by atoms with Crippen molar-refractivity contribution in [2.45, 2.75) is 13.0 Å². The van der Waals surface area contributed by atoms with Crippen LogP contribution in [0.25, 0.3) is 20.3 Å². The van der Waals surface area contributed by atoms with Crippen molar-refractivity contribution in [3.63, 3.8) is 0 Å². The molecule has 200 valence electrons. The summed E-state index contributed by atoms with van der Waals surface area (Å²) >= 11 is 8.21. The van der Waals surface area contributed by atoms with Crippen LogP contribution in [0.3, 0.4) is 0 Å². The van der Waals surface area contributed by atoms with Gasteiger partial charge in [-0.3, -0.25) is 0 Å². The third kappa shape index (κ3) is 5.99. The van der Waals surface area contributed by atoms with E-state index in [1.165, 1.54) is 22.4 Å². The molecule has 3 heterocycles. The van der Waals surface area contributed by atoms with Crippen LogP contribution in [0.5, 0.6) is 5.75 Å². The molecule has 3 aromatic carbocycles. The number of benzene rings is 3. The Hall–Kier alpha value is -3.30. The molecule has 0 saturated carbocycles. The Morgan fingerprint density at radius 1 is 1.00 bits per heavy atom. The molecule has 0 bridgehead atoms. The van der Waals surface area contributed by atoms with Crippen LogP contribution in [0.4, 0.5) is 15.9 Å². The van der Waals surface area contributed by atoms with E-state index in [9.17, 15) is 4.39 Å². The molecule has 39 heavy (non-hydrogen) atoms. The van der Waals surface area contributed by atoms with Crippen LogP contribution in [0.1, 0.15) is 11.1 Å². The number of piperazine rings is 1. The van der Waals surface area contributed by atoms with E-state index in [0.717, 1.165) is 71.8 Å². The highest BCUT2D eigenvalue weighted by molar-refractivity contribution is 7.25. The van der Waals surface area contributed by atoms with Gasteiger partial charge >= 0.3 is 0 Å². The first-order valence-electron chi connectivity index (χ1n) is 13.0. The van der Waals surface area contributed by atoms with Gasteiger partial charge in [0.1, 0.15) is 35.1 Å². The van der Waals surface area contributed by atoms with E-state index in [0.29, 0.717) is 10.8 Å². The minimum absolute atomic E-state index is 0.231. The van der Waals surface area contributed by atoms with Crippen molar-refractivity contribution in [2.75, 3.05) is 45.1 Å². The number of thiophene rings is 1. The van der Waals surface area contributed by atoms with Gasteiger partial charge in [0, 0.05) is 48.5 Å². The van der Waals surface area contributed by atoms with Crippen molar-refractivity contribution in [3.8, 4) is 5.75 Å². The lowest BCUT2D eigenvalue weighted by Gasteiger charge is -2.32. The monoisotopic (exact) mass is 561 g/mol. The zero-order valence-corrected chi connectivity index (χ0v) is 23.2. The molecule has 6 rings (SSSR count). The van der Waals surface area contributed by atoms with Gasteiger partial charge in [-0.05, 0) is 61.0 Å². The molecule has 9 heteroatoms. The minimum Gasteiger partial charge on any atom is -0.487 e. The van der Waals surface area contributed by atoms with Gasteiger partial charge in [-0.1, -0.05) is 35.9 Å². The second kappa shape index (κ2) is 11.4. The molecule has 0 spiro atoms. The van der Waals surface area contributed by atoms with Crippen LogP contribution in [-0.2, 0) is 13.0 Å². The quantitative estimate of drug-likeness (QED) is 0.226. The molecule has 1 N–H and O–H groups in total. The van der Waals surface area contributed by atoms with Gasteiger partial charge in [-0.25, -0.2) is 14.4 Å². The lowest BCUT2D eigenvalue weighted by atomic mass is 10.1. The number of likely N-dealkylation sites (N-methyl/N-ethyl adjacent to an activating group) is 1. The molecule has 1 fully saturated rings. The largest absolute Gasteiger partial charge is 0.487 e. The zero-order valence-electron chi connectivity index (χ0n) is 21.7. The Bertz CT molecular complexity index is 1620. The Balaban J connectivity index is 1.18. The topological polar surface area (TPSA) is 53.5 Å². The van der Waals surface area contributed by atoms with Gasteiger partial charge in [0.15, 0.2) is 0 Å². The second-order valence-electron chi connectivity index (χ2n) is 9.92. The molecule has 1 aliphatic rings. The van der Waals surface area contributed by atoms with Crippen molar-refractivity contribution in [3.05, 3.63) is 89.0 Å². The number of fused-ring (bicyclic) bond motifs is 3. The summed E-state index contributed by atoms with van der Waals surface area (Å²) in [6.07, 6.45) is 2.63. The van der Waals surface area contributed by atoms with Gasteiger partial charge in [-0.2, -0.15) is 0 Å². The van der Waals surface area contributed by atoms with Gasteiger partial charge in [-0.15, -0.1) is 11.3 Å². The molecular formula is C30H29ClFN5OS. The number of nitrogens with one attached hydrogen (secondary N) is 1. The van der Waals surface area contributed by atoms with E-state index in [4.69, 9.17) is 16.3 Å². The molecule has 1 saturated heterocycles. The third-order valence-electron chi connectivity index (χ3n) is 7.13.